The molecule has 0 spiro atoms. The van der Waals surface area contributed by atoms with Crippen LogP contribution >= 0.6 is 0 Å². The van der Waals surface area contributed by atoms with E-state index in [1.807, 2.05) is 31.2 Å². The quantitative estimate of drug-likeness (QED) is 0.527. The van der Waals surface area contributed by atoms with Crippen molar-refractivity contribution in [3.8, 4) is 11.5 Å². The molecule has 0 saturated heterocycles. The van der Waals surface area contributed by atoms with Crippen molar-refractivity contribution in [1.29, 1.82) is 0 Å². The zero-order valence-electron chi connectivity index (χ0n) is 17.1. The smallest absolute Gasteiger partial charge is 0.161 e. The molecule has 1 N–H and O–H groups in total. The number of nitrogens with zero attached hydrogens (tertiary/aromatic N) is 2. The second-order valence-corrected chi connectivity index (χ2v) is 7.01. The summed E-state index contributed by atoms with van der Waals surface area (Å²) in [5.74, 6) is 2.60. The predicted octanol–water partition coefficient (Wildman–Crippen LogP) is 4.45. The first-order valence-corrected chi connectivity index (χ1v) is 10.1. The van der Waals surface area contributed by atoms with E-state index < -0.39 is 0 Å². The molecule has 3 rings (SSSR count). The van der Waals surface area contributed by atoms with Crippen LogP contribution in [0.15, 0.2) is 36.4 Å². The van der Waals surface area contributed by atoms with Crippen LogP contribution in [-0.2, 0) is 13.0 Å². The highest BCUT2D eigenvalue weighted by Crippen LogP contribution is 2.27. The Morgan fingerprint density at radius 2 is 1.71 bits per heavy atom. The molecule has 1 heterocycles. The molecule has 2 aromatic carbocycles. The van der Waals surface area contributed by atoms with Crippen molar-refractivity contribution in [2.75, 3.05) is 19.8 Å². The lowest BCUT2D eigenvalue weighted by Gasteiger charge is -2.13. The molecule has 150 valence electrons. The van der Waals surface area contributed by atoms with E-state index in [0.29, 0.717) is 13.2 Å². The Morgan fingerprint density at radius 1 is 1.00 bits per heavy atom. The first kappa shape index (κ1) is 20.2. The lowest BCUT2D eigenvalue weighted by molar-refractivity contribution is 0.268. The minimum Gasteiger partial charge on any atom is -0.490 e. The highest BCUT2D eigenvalue weighted by molar-refractivity contribution is 5.78. The monoisotopic (exact) mass is 382 g/mol. The molecule has 0 radical (unpaired) electrons. The van der Waals surface area contributed by atoms with Crippen molar-refractivity contribution in [3.63, 3.8) is 0 Å². The molecule has 28 heavy (non-hydrogen) atoms. The fourth-order valence-corrected chi connectivity index (χ4v) is 3.36. The molecule has 0 unspecified atom stereocenters. The van der Waals surface area contributed by atoms with Crippen molar-refractivity contribution in [2.45, 2.75) is 46.6 Å². The summed E-state index contributed by atoms with van der Waals surface area (Å²) in [6.07, 6.45) is 2.36. The van der Waals surface area contributed by atoms with Crippen LogP contribution in [0.4, 0.5) is 0 Å². The van der Waals surface area contributed by atoms with E-state index >= 15 is 0 Å². The summed E-state index contributed by atoms with van der Waals surface area (Å²) in [5.41, 5.74) is 4.70. The van der Waals surface area contributed by atoms with Gasteiger partial charge in [0.25, 0.3) is 0 Å². The van der Waals surface area contributed by atoms with E-state index in [0.717, 1.165) is 54.2 Å². The van der Waals surface area contributed by atoms with Crippen LogP contribution < -0.4 is 9.47 Å². The molecule has 1 aromatic heterocycles. The molecule has 0 atom stereocenters. The van der Waals surface area contributed by atoms with Crippen molar-refractivity contribution in [1.82, 2.24) is 9.55 Å². The highest BCUT2D eigenvalue weighted by atomic mass is 16.5. The topological polar surface area (TPSA) is 56.5 Å². The standard InChI is InChI=1S/C23H30N2O3/c1-4-27-21-9-5-6-10-22(21)28-14-8-12-25-20-16-18(3)17(2)15-19(20)24-23(25)11-7-13-26/h5-6,9-10,15-16,26H,4,7-8,11-14H2,1-3H3. The average molecular weight is 383 g/mol. The van der Waals surface area contributed by atoms with Gasteiger partial charge in [0.15, 0.2) is 11.5 Å². The average Bonchev–Trinajstić information content (AvgIpc) is 3.01. The third-order valence-corrected chi connectivity index (χ3v) is 4.93. The van der Waals surface area contributed by atoms with Gasteiger partial charge in [-0.3, -0.25) is 0 Å². The number of hydrogen-bond acceptors (Lipinski definition) is 4. The molecule has 5 heteroatoms. The summed E-state index contributed by atoms with van der Waals surface area (Å²) >= 11 is 0. The normalized spacial score (nSPS) is 11.1. The van der Waals surface area contributed by atoms with Crippen molar-refractivity contribution >= 4 is 11.0 Å². The van der Waals surface area contributed by atoms with Gasteiger partial charge in [-0.25, -0.2) is 4.98 Å². The first-order chi connectivity index (χ1) is 13.6. The number of benzene rings is 2. The van der Waals surface area contributed by atoms with E-state index in [1.54, 1.807) is 0 Å². The van der Waals surface area contributed by atoms with E-state index in [9.17, 15) is 5.11 Å². The molecule has 0 aliphatic heterocycles. The predicted molar refractivity (Wildman–Crippen MR) is 112 cm³/mol. The van der Waals surface area contributed by atoms with Gasteiger partial charge < -0.3 is 19.1 Å². The summed E-state index contributed by atoms with van der Waals surface area (Å²) in [5, 5.41) is 9.22. The molecule has 0 aliphatic carbocycles. The number of fused-ring (bicyclic) bond motifs is 1. The number of ether oxygens (including phenoxy) is 2. The Kier molecular flexibility index (Phi) is 6.93. The van der Waals surface area contributed by atoms with E-state index in [1.165, 1.54) is 11.1 Å². The Bertz CT molecular complexity index is 918. The van der Waals surface area contributed by atoms with E-state index in [-0.39, 0.29) is 6.61 Å². The van der Waals surface area contributed by atoms with Crippen LogP contribution in [-0.4, -0.2) is 34.5 Å². The minimum absolute atomic E-state index is 0.179. The maximum atomic E-state index is 9.22. The number of rotatable bonds is 10. The van der Waals surface area contributed by atoms with Gasteiger partial charge >= 0.3 is 0 Å². The van der Waals surface area contributed by atoms with Crippen molar-refractivity contribution in [3.05, 3.63) is 53.3 Å². The molecule has 0 aliphatic rings. The number of aromatic nitrogens is 2. The number of aliphatic hydroxyl groups excluding tert-OH is 1. The molecular formula is C23H30N2O3. The third-order valence-electron chi connectivity index (χ3n) is 4.93. The van der Waals surface area contributed by atoms with Gasteiger partial charge in [-0.05, 0) is 69.0 Å². The van der Waals surface area contributed by atoms with Gasteiger partial charge in [-0.15, -0.1) is 0 Å². The van der Waals surface area contributed by atoms with E-state index in [4.69, 9.17) is 14.5 Å². The lowest BCUT2D eigenvalue weighted by atomic mass is 10.1. The summed E-state index contributed by atoms with van der Waals surface area (Å²) in [6, 6.07) is 12.1. The Hall–Kier alpha value is -2.53. The Morgan fingerprint density at radius 3 is 2.43 bits per heavy atom. The number of aliphatic hydroxyl groups is 1. The molecule has 5 nitrogen and oxygen atoms in total. The maximum absolute atomic E-state index is 9.22. The van der Waals surface area contributed by atoms with Gasteiger partial charge in [0.1, 0.15) is 5.82 Å². The SMILES string of the molecule is CCOc1ccccc1OCCCn1c(CCCO)nc2cc(C)c(C)cc21. The number of imidazole rings is 1. The lowest BCUT2D eigenvalue weighted by Crippen LogP contribution is -2.09. The molecule has 0 fully saturated rings. The van der Waals surface area contributed by atoms with Crippen LogP contribution in [0.5, 0.6) is 11.5 Å². The zero-order chi connectivity index (χ0) is 19.9. The van der Waals surface area contributed by atoms with Crippen molar-refractivity contribution in [2.24, 2.45) is 0 Å². The minimum atomic E-state index is 0.179. The van der Waals surface area contributed by atoms with Crippen LogP contribution in [0.25, 0.3) is 11.0 Å². The molecule has 3 aromatic rings. The van der Waals surface area contributed by atoms with Crippen molar-refractivity contribution < 1.29 is 14.6 Å². The first-order valence-electron chi connectivity index (χ1n) is 10.1. The summed E-state index contributed by atoms with van der Waals surface area (Å²) < 4.78 is 13.9. The number of para-hydroxylation sites is 2. The van der Waals surface area contributed by atoms with Gasteiger partial charge in [0.05, 0.1) is 24.2 Å². The largest absolute Gasteiger partial charge is 0.490 e. The number of hydrogen-bond donors (Lipinski definition) is 1. The number of aryl methyl sites for hydroxylation is 4. The second kappa shape index (κ2) is 9.60. The third kappa shape index (κ3) is 4.65. The highest BCUT2D eigenvalue weighted by Gasteiger charge is 2.12. The van der Waals surface area contributed by atoms with Gasteiger partial charge in [-0.2, -0.15) is 0 Å². The van der Waals surface area contributed by atoms with Crippen LogP contribution in [0.1, 0.15) is 36.7 Å². The fourth-order valence-electron chi connectivity index (χ4n) is 3.36. The Labute approximate surface area is 166 Å². The van der Waals surface area contributed by atoms with Gasteiger partial charge in [0.2, 0.25) is 0 Å². The Balaban J connectivity index is 1.72. The van der Waals surface area contributed by atoms with Gasteiger partial charge in [-0.1, -0.05) is 12.1 Å². The fraction of sp³-hybridized carbons (Fsp3) is 0.435. The summed E-state index contributed by atoms with van der Waals surface area (Å²) in [4.78, 5) is 4.82. The maximum Gasteiger partial charge on any atom is 0.161 e. The second-order valence-electron chi connectivity index (χ2n) is 7.01. The van der Waals surface area contributed by atoms with Crippen LogP contribution in [0, 0.1) is 13.8 Å². The zero-order valence-corrected chi connectivity index (χ0v) is 17.1. The van der Waals surface area contributed by atoms with Gasteiger partial charge in [0, 0.05) is 19.6 Å². The molecule has 0 bridgehead atoms. The molecule has 0 saturated carbocycles. The molecular weight excluding hydrogens is 352 g/mol. The van der Waals surface area contributed by atoms with E-state index in [2.05, 4.69) is 30.5 Å². The molecule has 0 amide bonds. The summed E-state index contributed by atoms with van der Waals surface area (Å²) in [7, 11) is 0. The van der Waals surface area contributed by atoms with Crippen LogP contribution in [0.2, 0.25) is 0 Å². The van der Waals surface area contributed by atoms with Crippen LogP contribution in [0.3, 0.4) is 0 Å². The summed E-state index contributed by atoms with van der Waals surface area (Å²) in [6.45, 7) is 8.45.